The maximum Gasteiger partial charge on any atom is 0.306 e. The third-order valence-electron chi connectivity index (χ3n) is 1.72. The second-order valence-electron chi connectivity index (χ2n) is 2.85. The van der Waals surface area contributed by atoms with Crippen LogP contribution in [0.1, 0.15) is 19.8 Å². The summed E-state index contributed by atoms with van der Waals surface area (Å²) in [4.78, 5) is 20.6. The van der Waals surface area contributed by atoms with Gasteiger partial charge in [-0.1, -0.05) is 6.92 Å². The van der Waals surface area contributed by atoms with Crippen LogP contribution in [0.3, 0.4) is 0 Å². The minimum Gasteiger partial charge on any atom is -0.481 e. The third kappa shape index (κ3) is 3.95. The van der Waals surface area contributed by atoms with Crippen LogP contribution in [0.4, 0.5) is 0 Å². The van der Waals surface area contributed by atoms with Crippen LogP contribution in [0.2, 0.25) is 0 Å². The number of hydrogen-bond acceptors (Lipinski definition) is 2. The second-order valence-corrected chi connectivity index (χ2v) is 2.85. The first-order valence-electron chi connectivity index (χ1n) is 3.73. The van der Waals surface area contributed by atoms with Crippen molar-refractivity contribution < 1.29 is 19.8 Å². The number of hydrogen-bond donors (Lipinski definition) is 2. The smallest absolute Gasteiger partial charge is 0.306 e. The lowest BCUT2D eigenvalue weighted by atomic mass is 9.98. The second kappa shape index (κ2) is 4.74. The fourth-order valence-corrected chi connectivity index (χ4v) is 0.698. The van der Waals surface area contributed by atoms with Gasteiger partial charge < -0.3 is 10.2 Å². The molecule has 2 atom stereocenters. The van der Waals surface area contributed by atoms with Crippen molar-refractivity contribution in [2.75, 3.05) is 0 Å². The molecular weight excluding hydrogens is 160 g/mol. The van der Waals surface area contributed by atoms with E-state index in [9.17, 15) is 9.59 Å². The van der Waals surface area contributed by atoms with Gasteiger partial charge in [0.25, 0.3) is 0 Å². The van der Waals surface area contributed by atoms with E-state index in [1.165, 1.54) is 0 Å². The van der Waals surface area contributed by atoms with E-state index in [1.807, 2.05) is 0 Å². The topological polar surface area (TPSA) is 74.6 Å². The van der Waals surface area contributed by atoms with E-state index in [1.54, 1.807) is 6.92 Å². The molecule has 69 valence electrons. The molecule has 4 heteroatoms. The Kier molecular flexibility index (Phi) is 4.33. The molecule has 0 aromatic heterocycles. The molecule has 0 aromatic rings. The SMILES string of the molecule is [CH2]C(CCC(C)C(=O)O)C(=O)O. The fourth-order valence-electron chi connectivity index (χ4n) is 0.698. The summed E-state index contributed by atoms with van der Waals surface area (Å²) in [5.74, 6) is -3.07. The lowest BCUT2D eigenvalue weighted by Gasteiger charge is -2.08. The largest absolute Gasteiger partial charge is 0.481 e. The summed E-state index contributed by atoms with van der Waals surface area (Å²) in [5, 5.41) is 16.9. The van der Waals surface area contributed by atoms with Gasteiger partial charge >= 0.3 is 11.9 Å². The number of carboxylic acid groups (broad SMARTS) is 2. The summed E-state index contributed by atoms with van der Waals surface area (Å²) in [6.45, 7) is 4.93. The van der Waals surface area contributed by atoms with E-state index < -0.39 is 23.8 Å². The molecule has 2 N–H and O–H groups in total. The summed E-state index contributed by atoms with van der Waals surface area (Å²) < 4.78 is 0. The van der Waals surface area contributed by atoms with E-state index in [0.29, 0.717) is 12.8 Å². The van der Waals surface area contributed by atoms with Crippen molar-refractivity contribution >= 4 is 11.9 Å². The van der Waals surface area contributed by atoms with E-state index in [0.717, 1.165) is 0 Å². The van der Waals surface area contributed by atoms with Gasteiger partial charge in [-0.2, -0.15) is 0 Å². The van der Waals surface area contributed by atoms with Crippen molar-refractivity contribution in [3.05, 3.63) is 6.92 Å². The summed E-state index contributed by atoms with van der Waals surface area (Å²) in [6, 6.07) is 0. The van der Waals surface area contributed by atoms with Gasteiger partial charge in [-0.25, -0.2) is 0 Å². The molecule has 0 amide bonds. The molecule has 0 saturated carbocycles. The Bertz CT molecular complexity index is 156. The van der Waals surface area contributed by atoms with Crippen molar-refractivity contribution in [1.82, 2.24) is 0 Å². The molecule has 0 fully saturated rings. The van der Waals surface area contributed by atoms with Crippen LogP contribution in [0.25, 0.3) is 0 Å². The molecule has 0 bridgehead atoms. The Morgan fingerprint density at radius 3 is 2.08 bits per heavy atom. The molecule has 0 aromatic carbocycles. The van der Waals surface area contributed by atoms with Gasteiger partial charge in [-0.05, 0) is 19.8 Å². The van der Waals surface area contributed by atoms with Crippen molar-refractivity contribution in [2.24, 2.45) is 11.8 Å². The van der Waals surface area contributed by atoms with Gasteiger partial charge in [0.05, 0.1) is 11.8 Å². The highest BCUT2D eigenvalue weighted by atomic mass is 16.4. The minimum absolute atomic E-state index is 0.308. The minimum atomic E-state index is -0.979. The molecule has 0 aliphatic carbocycles. The molecule has 1 radical (unpaired) electrons. The molecule has 0 aliphatic rings. The van der Waals surface area contributed by atoms with E-state index in [4.69, 9.17) is 10.2 Å². The maximum atomic E-state index is 10.3. The number of carbonyl (C=O) groups is 2. The average Bonchev–Trinajstić information content (AvgIpc) is 1.98. The van der Waals surface area contributed by atoms with Crippen LogP contribution in [0.15, 0.2) is 0 Å². The number of rotatable bonds is 5. The van der Waals surface area contributed by atoms with E-state index in [2.05, 4.69) is 6.92 Å². The van der Waals surface area contributed by atoms with Gasteiger partial charge in [0.2, 0.25) is 0 Å². The molecule has 0 heterocycles. The average molecular weight is 173 g/mol. The van der Waals surface area contributed by atoms with Crippen molar-refractivity contribution in [3.8, 4) is 0 Å². The van der Waals surface area contributed by atoms with Gasteiger partial charge in [0.1, 0.15) is 0 Å². The summed E-state index contributed by atoms with van der Waals surface area (Å²) in [7, 11) is 0. The monoisotopic (exact) mass is 173 g/mol. The molecule has 12 heavy (non-hydrogen) atoms. The predicted octanol–water partition coefficient (Wildman–Crippen LogP) is 1.02. The zero-order chi connectivity index (χ0) is 9.72. The molecule has 0 saturated heterocycles. The molecule has 0 rings (SSSR count). The first-order chi connectivity index (χ1) is 5.45. The Morgan fingerprint density at radius 2 is 1.75 bits per heavy atom. The van der Waals surface area contributed by atoms with Crippen LogP contribution in [-0.4, -0.2) is 22.2 Å². The van der Waals surface area contributed by atoms with Crippen LogP contribution < -0.4 is 0 Å². The Balaban J connectivity index is 3.68. The van der Waals surface area contributed by atoms with Crippen LogP contribution in [0, 0.1) is 18.8 Å². The first-order valence-corrected chi connectivity index (χ1v) is 3.73. The Morgan fingerprint density at radius 1 is 1.25 bits per heavy atom. The lowest BCUT2D eigenvalue weighted by Crippen LogP contribution is -2.14. The highest BCUT2D eigenvalue weighted by molar-refractivity contribution is 5.71. The van der Waals surface area contributed by atoms with E-state index >= 15 is 0 Å². The van der Waals surface area contributed by atoms with Crippen molar-refractivity contribution in [1.29, 1.82) is 0 Å². The zero-order valence-corrected chi connectivity index (χ0v) is 6.99. The van der Waals surface area contributed by atoms with Gasteiger partial charge in [0.15, 0.2) is 0 Å². The molecule has 4 nitrogen and oxygen atoms in total. The molecular formula is C8H13O4. The normalized spacial score (nSPS) is 15.2. The summed E-state index contributed by atoms with van der Waals surface area (Å²) in [6.07, 6.45) is 0.665. The van der Waals surface area contributed by atoms with Crippen molar-refractivity contribution in [3.63, 3.8) is 0 Å². The van der Waals surface area contributed by atoms with Gasteiger partial charge in [0, 0.05) is 0 Å². The molecule has 2 unspecified atom stereocenters. The highest BCUT2D eigenvalue weighted by Gasteiger charge is 2.16. The highest BCUT2D eigenvalue weighted by Crippen LogP contribution is 2.12. The Labute approximate surface area is 71.2 Å². The number of carboxylic acids is 2. The zero-order valence-electron chi connectivity index (χ0n) is 6.99. The first kappa shape index (κ1) is 10.9. The lowest BCUT2D eigenvalue weighted by molar-refractivity contribution is -0.143. The fraction of sp³-hybridized carbons (Fsp3) is 0.625. The quantitative estimate of drug-likeness (QED) is 0.651. The van der Waals surface area contributed by atoms with E-state index in [-0.39, 0.29) is 0 Å². The van der Waals surface area contributed by atoms with Crippen molar-refractivity contribution in [2.45, 2.75) is 19.8 Å². The van der Waals surface area contributed by atoms with Crippen LogP contribution in [0.5, 0.6) is 0 Å². The maximum absolute atomic E-state index is 10.3. The molecule has 0 aliphatic heterocycles. The van der Waals surface area contributed by atoms with Crippen LogP contribution in [-0.2, 0) is 9.59 Å². The standard InChI is InChI=1S/C8H13O4/c1-5(7(9)10)3-4-6(2)8(11)12/h5-6H,1,3-4H2,2H3,(H,9,10)(H,11,12). The summed E-state index contributed by atoms with van der Waals surface area (Å²) >= 11 is 0. The number of aliphatic carboxylic acids is 2. The third-order valence-corrected chi connectivity index (χ3v) is 1.72. The molecule has 0 spiro atoms. The van der Waals surface area contributed by atoms with Crippen LogP contribution >= 0.6 is 0 Å². The predicted molar refractivity (Wildman–Crippen MR) is 42.5 cm³/mol. The Hall–Kier alpha value is -1.06. The van der Waals surface area contributed by atoms with Gasteiger partial charge in [-0.3, -0.25) is 9.59 Å². The summed E-state index contributed by atoms with van der Waals surface area (Å²) in [5.41, 5.74) is 0. The van der Waals surface area contributed by atoms with Gasteiger partial charge in [-0.15, -0.1) is 0 Å².